The minimum Gasteiger partial charge on any atom is -0.481 e. The SMILES string of the molecule is CCn1cc(CC(=O)O)c2cc(Br)ccc21. The van der Waals surface area contributed by atoms with Crippen LogP contribution in [-0.4, -0.2) is 15.6 Å². The van der Waals surface area contributed by atoms with E-state index >= 15 is 0 Å². The fourth-order valence-electron chi connectivity index (χ4n) is 1.91. The van der Waals surface area contributed by atoms with E-state index in [2.05, 4.69) is 20.5 Å². The third kappa shape index (κ3) is 1.97. The highest BCUT2D eigenvalue weighted by atomic mass is 79.9. The molecule has 0 aliphatic rings. The summed E-state index contributed by atoms with van der Waals surface area (Å²) in [6.07, 6.45) is 1.99. The first-order valence-electron chi connectivity index (χ1n) is 5.11. The van der Waals surface area contributed by atoms with Crippen LogP contribution in [0.3, 0.4) is 0 Å². The molecule has 0 unspecified atom stereocenters. The van der Waals surface area contributed by atoms with Crippen molar-refractivity contribution in [3.63, 3.8) is 0 Å². The first-order chi connectivity index (χ1) is 7.61. The zero-order valence-corrected chi connectivity index (χ0v) is 10.5. The van der Waals surface area contributed by atoms with Gasteiger partial charge in [-0.25, -0.2) is 0 Å². The van der Waals surface area contributed by atoms with Crippen molar-refractivity contribution in [2.45, 2.75) is 19.9 Å². The van der Waals surface area contributed by atoms with Gasteiger partial charge in [0.2, 0.25) is 0 Å². The number of carboxylic acids is 1. The Balaban J connectivity index is 2.63. The fraction of sp³-hybridized carbons (Fsp3) is 0.250. The van der Waals surface area contributed by atoms with E-state index in [1.54, 1.807) is 0 Å². The second-order valence-electron chi connectivity index (χ2n) is 3.67. The lowest BCUT2D eigenvalue weighted by molar-refractivity contribution is -0.136. The summed E-state index contributed by atoms with van der Waals surface area (Å²) in [5.41, 5.74) is 1.95. The summed E-state index contributed by atoms with van der Waals surface area (Å²) >= 11 is 3.41. The highest BCUT2D eigenvalue weighted by Crippen LogP contribution is 2.25. The van der Waals surface area contributed by atoms with Gasteiger partial charge in [0.15, 0.2) is 0 Å². The Kier molecular flexibility index (Phi) is 3.01. The first-order valence-corrected chi connectivity index (χ1v) is 5.90. The summed E-state index contributed by atoms with van der Waals surface area (Å²) in [6, 6.07) is 5.95. The monoisotopic (exact) mass is 281 g/mol. The third-order valence-electron chi connectivity index (χ3n) is 2.61. The first kappa shape index (κ1) is 11.2. The Morgan fingerprint density at radius 3 is 2.88 bits per heavy atom. The molecule has 2 aromatic rings. The van der Waals surface area contributed by atoms with Gasteiger partial charge in [0, 0.05) is 28.1 Å². The zero-order chi connectivity index (χ0) is 11.7. The number of carboxylic acid groups (broad SMARTS) is 1. The number of aliphatic carboxylic acids is 1. The predicted octanol–water partition coefficient (Wildman–Crippen LogP) is 3.05. The van der Waals surface area contributed by atoms with Crippen molar-refractivity contribution >= 4 is 32.8 Å². The van der Waals surface area contributed by atoms with E-state index in [1.165, 1.54) is 0 Å². The van der Waals surface area contributed by atoms with Crippen LogP contribution in [0.2, 0.25) is 0 Å². The minimum absolute atomic E-state index is 0.0694. The van der Waals surface area contributed by atoms with Gasteiger partial charge in [0.1, 0.15) is 0 Å². The molecule has 2 rings (SSSR count). The van der Waals surface area contributed by atoms with Crippen molar-refractivity contribution < 1.29 is 9.90 Å². The molecule has 0 aliphatic heterocycles. The van der Waals surface area contributed by atoms with E-state index in [0.29, 0.717) is 0 Å². The smallest absolute Gasteiger partial charge is 0.307 e. The Labute approximate surface area is 102 Å². The molecule has 1 N–H and O–H groups in total. The van der Waals surface area contributed by atoms with Gasteiger partial charge in [-0.3, -0.25) is 4.79 Å². The maximum atomic E-state index is 10.8. The van der Waals surface area contributed by atoms with E-state index in [4.69, 9.17) is 5.11 Å². The Morgan fingerprint density at radius 2 is 2.25 bits per heavy atom. The number of aryl methyl sites for hydroxylation is 1. The van der Waals surface area contributed by atoms with Gasteiger partial charge in [-0.15, -0.1) is 0 Å². The largest absolute Gasteiger partial charge is 0.481 e. The molecule has 0 saturated carbocycles. The fourth-order valence-corrected chi connectivity index (χ4v) is 2.27. The molecule has 0 bridgehead atoms. The summed E-state index contributed by atoms with van der Waals surface area (Å²) < 4.78 is 3.04. The van der Waals surface area contributed by atoms with Gasteiger partial charge in [-0.1, -0.05) is 15.9 Å². The molecule has 1 heterocycles. The normalized spacial score (nSPS) is 10.9. The second kappa shape index (κ2) is 4.29. The van der Waals surface area contributed by atoms with Crippen molar-refractivity contribution in [2.75, 3.05) is 0 Å². The number of aromatic nitrogens is 1. The number of halogens is 1. The third-order valence-corrected chi connectivity index (χ3v) is 3.10. The van der Waals surface area contributed by atoms with Crippen LogP contribution in [0.5, 0.6) is 0 Å². The molecule has 0 atom stereocenters. The predicted molar refractivity (Wildman–Crippen MR) is 66.7 cm³/mol. The molecule has 0 spiro atoms. The zero-order valence-electron chi connectivity index (χ0n) is 8.90. The number of fused-ring (bicyclic) bond motifs is 1. The van der Waals surface area contributed by atoms with Crippen LogP contribution >= 0.6 is 15.9 Å². The highest BCUT2D eigenvalue weighted by molar-refractivity contribution is 9.10. The van der Waals surface area contributed by atoms with Gasteiger partial charge in [0.05, 0.1) is 6.42 Å². The van der Waals surface area contributed by atoms with Crippen molar-refractivity contribution in [1.82, 2.24) is 4.57 Å². The van der Waals surface area contributed by atoms with Crippen molar-refractivity contribution in [1.29, 1.82) is 0 Å². The minimum atomic E-state index is -0.796. The van der Waals surface area contributed by atoms with E-state index in [0.717, 1.165) is 27.5 Å². The summed E-state index contributed by atoms with van der Waals surface area (Å²) in [4.78, 5) is 10.8. The number of carbonyl (C=O) groups is 1. The molecular formula is C12H12BrNO2. The van der Waals surface area contributed by atoms with E-state index in [9.17, 15) is 4.79 Å². The van der Waals surface area contributed by atoms with Crippen LogP contribution in [0.15, 0.2) is 28.9 Å². The lowest BCUT2D eigenvalue weighted by Crippen LogP contribution is -1.99. The van der Waals surface area contributed by atoms with Crippen molar-refractivity contribution in [3.8, 4) is 0 Å². The van der Waals surface area contributed by atoms with Gasteiger partial charge < -0.3 is 9.67 Å². The van der Waals surface area contributed by atoms with Gasteiger partial charge in [0.25, 0.3) is 0 Å². The lowest BCUT2D eigenvalue weighted by atomic mass is 10.1. The summed E-state index contributed by atoms with van der Waals surface area (Å²) in [7, 11) is 0. The quantitative estimate of drug-likeness (QED) is 0.940. The average molecular weight is 282 g/mol. The number of hydrogen-bond donors (Lipinski definition) is 1. The van der Waals surface area contributed by atoms with E-state index in [1.807, 2.05) is 31.3 Å². The standard InChI is InChI=1S/C12H12BrNO2/c1-2-14-7-8(5-12(15)16)10-6-9(13)3-4-11(10)14/h3-4,6-7H,2,5H2,1H3,(H,15,16). The number of nitrogens with zero attached hydrogens (tertiary/aromatic N) is 1. The maximum Gasteiger partial charge on any atom is 0.307 e. The van der Waals surface area contributed by atoms with Gasteiger partial charge >= 0.3 is 5.97 Å². The van der Waals surface area contributed by atoms with Gasteiger partial charge in [-0.05, 0) is 30.7 Å². The Morgan fingerprint density at radius 1 is 1.50 bits per heavy atom. The Bertz CT molecular complexity index is 545. The van der Waals surface area contributed by atoms with Crippen LogP contribution in [0.25, 0.3) is 10.9 Å². The van der Waals surface area contributed by atoms with Crippen LogP contribution in [-0.2, 0) is 17.8 Å². The molecule has 0 fully saturated rings. The van der Waals surface area contributed by atoms with Crippen LogP contribution in [0, 0.1) is 0 Å². The van der Waals surface area contributed by atoms with Gasteiger partial charge in [-0.2, -0.15) is 0 Å². The molecule has 1 aromatic heterocycles. The lowest BCUT2D eigenvalue weighted by Gasteiger charge is -1.99. The molecular weight excluding hydrogens is 270 g/mol. The molecule has 3 nitrogen and oxygen atoms in total. The number of rotatable bonds is 3. The molecule has 0 aliphatic carbocycles. The Hall–Kier alpha value is -1.29. The summed E-state index contributed by atoms with van der Waals surface area (Å²) in [5, 5.41) is 9.87. The molecule has 0 saturated heterocycles. The topological polar surface area (TPSA) is 42.2 Å². The average Bonchev–Trinajstić information content (AvgIpc) is 2.55. The molecule has 84 valence electrons. The van der Waals surface area contributed by atoms with E-state index in [-0.39, 0.29) is 6.42 Å². The van der Waals surface area contributed by atoms with E-state index < -0.39 is 5.97 Å². The van der Waals surface area contributed by atoms with Crippen molar-refractivity contribution in [3.05, 3.63) is 34.4 Å². The summed E-state index contributed by atoms with van der Waals surface area (Å²) in [6.45, 7) is 2.89. The number of benzene rings is 1. The van der Waals surface area contributed by atoms with Crippen LogP contribution in [0.4, 0.5) is 0 Å². The number of hydrogen-bond acceptors (Lipinski definition) is 1. The van der Waals surface area contributed by atoms with Crippen LogP contribution < -0.4 is 0 Å². The van der Waals surface area contributed by atoms with Crippen molar-refractivity contribution in [2.24, 2.45) is 0 Å². The molecule has 1 aromatic carbocycles. The highest BCUT2D eigenvalue weighted by Gasteiger charge is 2.10. The molecule has 16 heavy (non-hydrogen) atoms. The molecule has 4 heteroatoms. The summed E-state index contributed by atoms with van der Waals surface area (Å²) in [5.74, 6) is -0.796. The van der Waals surface area contributed by atoms with Crippen LogP contribution in [0.1, 0.15) is 12.5 Å². The molecule has 0 radical (unpaired) electrons. The second-order valence-corrected chi connectivity index (χ2v) is 4.59. The molecule has 0 amide bonds. The maximum absolute atomic E-state index is 10.8.